The second-order valence-corrected chi connectivity index (χ2v) is 5.78. The summed E-state index contributed by atoms with van der Waals surface area (Å²) in [6, 6.07) is 5.02. The largest absolute Gasteiger partial charge is 0.361 e. The molecule has 6 heteroatoms. The molecule has 0 radical (unpaired) electrons. The number of nitrogens with zero attached hydrogens (tertiary/aromatic N) is 1. The Labute approximate surface area is 133 Å². The molecule has 0 spiro atoms. The summed E-state index contributed by atoms with van der Waals surface area (Å²) in [5.74, 6) is 0.558. The van der Waals surface area contributed by atoms with Crippen LogP contribution in [0.15, 0.2) is 22.7 Å². The number of amides is 1. The molecule has 0 unspecified atom stereocenters. The van der Waals surface area contributed by atoms with Crippen molar-refractivity contribution in [1.29, 1.82) is 0 Å². The van der Waals surface area contributed by atoms with Crippen LogP contribution in [0.3, 0.4) is 0 Å². The number of carbonyl (C=O) groups is 1. The van der Waals surface area contributed by atoms with Gasteiger partial charge in [-0.15, -0.1) is 0 Å². The summed E-state index contributed by atoms with van der Waals surface area (Å²) in [4.78, 5) is 12.1. The maximum absolute atomic E-state index is 12.1. The fraction of sp³-hybridized carbons (Fsp3) is 0.333. The topological polar surface area (TPSA) is 55.1 Å². The molecule has 1 aromatic heterocycles. The Hall–Kier alpha value is -1.52. The van der Waals surface area contributed by atoms with Gasteiger partial charge in [-0.25, -0.2) is 0 Å². The molecule has 1 heterocycles. The summed E-state index contributed by atoms with van der Waals surface area (Å²) in [5.41, 5.74) is 2.38. The van der Waals surface area contributed by atoms with Crippen LogP contribution >= 0.6 is 23.2 Å². The van der Waals surface area contributed by atoms with E-state index < -0.39 is 0 Å². The van der Waals surface area contributed by atoms with Gasteiger partial charge in [0.15, 0.2) is 0 Å². The van der Waals surface area contributed by atoms with Crippen LogP contribution < -0.4 is 5.32 Å². The zero-order valence-corrected chi connectivity index (χ0v) is 13.5. The van der Waals surface area contributed by atoms with Crippen molar-refractivity contribution in [3.63, 3.8) is 0 Å². The minimum atomic E-state index is -0.206. The molecule has 1 atom stereocenters. The number of aromatic nitrogens is 1. The molecule has 2 rings (SSSR count). The van der Waals surface area contributed by atoms with Crippen LogP contribution in [0.2, 0.25) is 10.0 Å². The Bertz CT molecular complexity index is 648. The predicted molar refractivity (Wildman–Crippen MR) is 82.7 cm³/mol. The van der Waals surface area contributed by atoms with Gasteiger partial charge in [-0.3, -0.25) is 4.79 Å². The molecule has 4 nitrogen and oxygen atoms in total. The molecule has 0 fully saturated rings. The first-order valence-electron chi connectivity index (χ1n) is 6.54. The number of rotatable bonds is 4. The lowest BCUT2D eigenvalue weighted by molar-refractivity contribution is -0.121. The smallest absolute Gasteiger partial charge is 0.225 e. The SMILES string of the molecule is Cc1noc(C)c1CC(=O)N[C@H](C)c1ccc(Cl)cc1Cl. The first-order valence-corrected chi connectivity index (χ1v) is 7.30. The molecule has 21 heavy (non-hydrogen) atoms. The van der Waals surface area contributed by atoms with Gasteiger partial charge in [-0.2, -0.15) is 0 Å². The van der Waals surface area contributed by atoms with Crippen LogP contribution in [0, 0.1) is 13.8 Å². The molecule has 0 bridgehead atoms. The van der Waals surface area contributed by atoms with Crippen LogP contribution in [0.25, 0.3) is 0 Å². The number of benzene rings is 1. The highest BCUT2D eigenvalue weighted by atomic mass is 35.5. The summed E-state index contributed by atoms with van der Waals surface area (Å²) in [6.07, 6.45) is 0.233. The van der Waals surface area contributed by atoms with Crippen LogP contribution in [0.1, 0.15) is 35.5 Å². The molecule has 1 amide bonds. The van der Waals surface area contributed by atoms with Crippen molar-refractivity contribution in [1.82, 2.24) is 10.5 Å². The third-order valence-corrected chi connectivity index (χ3v) is 3.89. The monoisotopic (exact) mass is 326 g/mol. The minimum Gasteiger partial charge on any atom is -0.361 e. The van der Waals surface area contributed by atoms with Crippen molar-refractivity contribution in [2.45, 2.75) is 33.2 Å². The summed E-state index contributed by atoms with van der Waals surface area (Å²) in [7, 11) is 0. The van der Waals surface area contributed by atoms with Crippen molar-refractivity contribution >= 4 is 29.1 Å². The van der Waals surface area contributed by atoms with E-state index in [4.69, 9.17) is 27.7 Å². The van der Waals surface area contributed by atoms with E-state index in [0.29, 0.717) is 15.8 Å². The maximum atomic E-state index is 12.1. The summed E-state index contributed by atoms with van der Waals surface area (Å²) < 4.78 is 5.05. The Kier molecular flexibility index (Phi) is 4.91. The quantitative estimate of drug-likeness (QED) is 0.923. The van der Waals surface area contributed by atoms with E-state index in [1.807, 2.05) is 19.9 Å². The second kappa shape index (κ2) is 6.50. The van der Waals surface area contributed by atoms with Crippen LogP contribution in [-0.4, -0.2) is 11.1 Å². The van der Waals surface area contributed by atoms with Crippen molar-refractivity contribution in [2.75, 3.05) is 0 Å². The van der Waals surface area contributed by atoms with E-state index >= 15 is 0 Å². The molecule has 2 aromatic rings. The molecule has 0 aliphatic heterocycles. The lowest BCUT2D eigenvalue weighted by atomic mass is 10.1. The molecule has 0 saturated carbocycles. The molecule has 0 aliphatic rings. The van der Waals surface area contributed by atoms with Gasteiger partial charge < -0.3 is 9.84 Å². The minimum absolute atomic E-state index is 0.108. The Morgan fingerprint density at radius 1 is 1.38 bits per heavy atom. The normalized spacial score (nSPS) is 12.2. The molecule has 1 aromatic carbocycles. The number of aryl methyl sites for hydroxylation is 2. The van der Waals surface area contributed by atoms with Crippen LogP contribution in [0.4, 0.5) is 0 Å². The summed E-state index contributed by atoms with van der Waals surface area (Å²) >= 11 is 12.0. The average Bonchev–Trinajstić information content (AvgIpc) is 2.70. The number of hydrogen-bond donors (Lipinski definition) is 1. The van der Waals surface area contributed by atoms with E-state index in [2.05, 4.69) is 10.5 Å². The summed E-state index contributed by atoms with van der Waals surface area (Å²) in [5, 5.41) is 7.86. The van der Waals surface area contributed by atoms with Crippen molar-refractivity contribution in [3.8, 4) is 0 Å². The number of carbonyl (C=O) groups excluding carboxylic acids is 1. The molecule has 1 N–H and O–H groups in total. The molecule has 112 valence electrons. The molecule has 0 aliphatic carbocycles. The lowest BCUT2D eigenvalue weighted by Crippen LogP contribution is -2.28. The van der Waals surface area contributed by atoms with Gasteiger partial charge in [-0.1, -0.05) is 34.4 Å². The fourth-order valence-corrected chi connectivity index (χ4v) is 2.71. The Morgan fingerprint density at radius 2 is 2.10 bits per heavy atom. The first kappa shape index (κ1) is 15.9. The Morgan fingerprint density at radius 3 is 2.67 bits per heavy atom. The van der Waals surface area contributed by atoms with Gasteiger partial charge in [-0.05, 0) is 38.5 Å². The first-order chi connectivity index (χ1) is 9.88. The molecule has 0 saturated heterocycles. The summed E-state index contributed by atoms with van der Waals surface area (Å²) in [6.45, 7) is 5.49. The fourth-order valence-electron chi connectivity index (χ4n) is 2.14. The molecular formula is C15H16Cl2N2O2. The Balaban J connectivity index is 2.05. The third-order valence-electron chi connectivity index (χ3n) is 3.33. The van der Waals surface area contributed by atoms with E-state index in [9.17, 15) is 4.79 Å². The zero-order chi connectivity index (χ0) is 15.6. The van der Waals surface area contributed by atoms with Crippen molar-refractivity contribution < 1.29 is 9.32 Å². The van der Waals surface area contributed by atoms with E-state index in [-0.39, 0.29) is 18.4 Å². The van der Waals surface area contributed by atoms with Gasteiger partial charge >= 0.3 is 0 Å². The predicted octanol–water partition coefficient (Wildman–Crippen LogP) is 4.02. The van der Waals surface area contributed by atoms with Crippen molar-refractivity contribution in [3.05, 3.63) is 50.8 Å². The number of halogens is 2. The van der Waals surface area contributed by atoms with Gasteiger partial charge in [0.1, 0.15) is 5.76 Å². The van der Waals surface area contributed by atoms with Gasteiger partial charge in [0.2, 0.25) is 5.91 Å². The second-order valence-electron chi connectivity index (χ2n) is 4.93. The van der Waals surface area contributed by atoms with E-state index in [1.165, 1.54) is 0 Å². The lowest BCUT2D eigenvalue weighted by Gasteiger charge is -2.16. The molecular weight excluding hydrogens is 311 g/mol. The highest BCUT2D eigenvalue weighted by Crippen LogP contribution is 2.26. The van der Waals surface area contributed by atoms with Crippen LogP contribution in [-0.2, 0) is 11.2 Å². The van der Waals surface area contributed by atoms with Crippen molar-refractivity contribution in [2.24, 2.45) is 0 Å². The standard InChI is InChI=1S/C15H16Cl2N2O2/c1-8(12-5-4-11(16)6-14(12)17)18-15(20)7-13-9(2)19-21-10(13)3/h4-6,8H,7H2,1-3H3,(H,18,20)/t8-/m1/s1. The highest BCUT2D eigenvalue weighted by Gasteiger charge is 2.17. The third kappa shape index (κ3) is 3.77. The van der Waals surface area contributed by atoms with Gasteiger partial charge in [0.05, 0.1) is 18.2 Å². The number of hydrogen-bond acceptors (Lipinski definition) is 3. The maximum Gasteiger partial charge on any atom is 0.225 e. The van der Waals surface area contributed by atoms with Gasteiger partial charge in [0.25, 0.3) is 0 Å². The van der Waals surface area contributed by atoms with Crippen LogP contribution in [0.5, 0.6) is 0 Å². The van der Waals surface area contributed by atoms with Gasteiger partial charge in [0, 0.05) is 15.6 Å². The van der Waals surface area contributed by atoms with E-state index in [0.717, 1.165) is 16.8 Å². The average molecular weight is 327 g/mol. The highest BCUT2D eigenvalue weighted by molar-refractivity contribution is 6.35. The van der Waals surface area contributed by atoms with E-state index in [1.54, 1.807) is 19.1 Å². The zero-order valence-electron chi connectivity index (χ0n) is 12.0. The number of nitrogens with one attached hydrogen (secondary N) is 1.